The van der Waals surface area contributed by atoms with Crippen molar-refractivity contribution in [2.45, 2.75) is 20.0 Å². The Labute approximate surface area is 105 Å². The Balaban J connectivity index is 2.55. The fourth-order valence-electron chi connectivity index (χ4n) is 1.33. The first-order chi connectivity index (χ1) is 7.67. The zero-order chi connectivity index (χ0) is 12.0. The van der Waals surface area contributed by atoms with Gasteiger partial charge in [0.25, 0.3) is 0 Å². The maximum atomic E-state index is 5.69. The lowest BCUT2D eigenvalue weighted by Crippen LogP contribution is -2.30. The smallest absolute Gasteiger partial charge is 0.123 e. The van der Waals surface area contributed by atoms with Crippen molar-refractivity contribution in [3.63, 3.8) is 0 Å². The Morgan fingerprint density at radius 2 is 2.19 bits per heavy atom. The molecule has 0 aliphatic carbocycles. The van der Waals surface area contributed by atoms with Crippen LogP contribution in [0.3, 0.4) is 0 Å². The van der Waals surface area contributed by atoms with Crippen molar-refractivity contribution in [1.29, 1.82) is 0 Å². The highest BCUT2D eigenvalue weighted by Gasteiger charge is 2.08. The Morgan fingerprint density at radius 3 is 2.81 bits per heavy atom. The van der Waals surface area contributed by atoms with Gasteiger partial charge in [-0.3, -0.25) is 0 Å². The standard InChI is InChI=1S/C12H18BrNO2/c1-3-15-11(7-14)8-16-12-6-10(13)5-4-9(12)2/h4-6,11H,3,7-8,14H2,1-2H3. The van der Waals surface area contributed by atoms with E-state index < -0.39 is 0 Å². The second-order valence-corrected chi connectivity index (χ2v) is 4.45. The molecular weight excluding hydrogens is 270 g/mol. The zero-order valence-corrected chi connectivity index (χ0v) is 11.3. The summed E-state index contributed by atoms with van der Waals surface area (Å²) in [7, 11) is 0. The van der Waals surface area contributed by atoms with Crippen molar-refractivity contribution in [1.82, 2.24) is 0 Å². The van der Waals surface area contributed by atoms with Crippen molar-refractivity contribution < 1.29 is 9.47 Å². The molecule has 1 aromatic carbocycles. The number of benzene rings is 1. The molecule has 0 saturated heterocycles. The van der Waals surface area contributed by atoms with Gasteiger partial charge in [-0.2, -0.15) is 0 Å². The van der Waals surface area contributed by atoms with Gasteiger partial charge in [-0.05, 0) is 31.5 Å². The number of hydrogen-bond donors (Lipinski definition) is 1. The van der Waals surface area contributed by atoms with Gasteiger partial charge >= 0.3 is 0 Å². The average molecular weight is 288 g/mol. The molecule has 0 fully saturated rings. The molecule has 16 heavy (non-hydrogen) atoms. The lowest BCUT2D eigenvalue weighted by Gasteiger charge is -2.16. The third kappa shape index (κ3) is 4.12. The maximum absolute atomic E-state index is 5.69. The number of ether oxygens (including phenoxy) is 2. The summed E-state index contributed by atoms with van der Waals surface area (Å²) in [6.45, 7) is 5.58. The molecule has 0 spiro atoms. The minimum absolute atomic E-state index is 0.0385. The van der Waals surface area contributed by atoms with E-state index in [0.717, 1.165) is 15.8 Å². The fraction of sp³-hybridized carbons (Fsp3) is 0.500. The van der Waals surface area contributed by atoms with E-state index in [4.69, 9.17) is 15.2 Å². The summed E-state index contributed by atoms with van der Waals surface area (Å²) in [5, 5.41) is 0. The average Bonchev–Trinajstić information content (AvgIpc) is 2.28. The molecular formula is C12H18BrNO2. The second-order valence-electron chi connectivity index (χ2n) is 3.53. The van der Waals surface area contributed by atoms with Crippen LogP contribution in [0, 0.1) is 6.92 Å². The van der Waals surface area contributed by atoms with Crippen LogP contribution in [0.1, 0.15) is 12.5 Å². The lowest BCUT2D eigenvalue weighted by atomic mass is 10.2. The topological polar surface area (TPSA) is 44.5 Å². The zero-order valence-electron chi connectivity index (χ0n) is 9.70. The molecule has 1 atom stereocenters. The third-order valence-electron chi connectivity index (χ3n) is 2.24. The summed E-state index contributed by atoms with van der Waals surface area (Å²) in [4.78, 5) is 0. The quantitative estimate of drug-likeness (QED) is 0.874. The number of hydrogen-bond acceptors (Lipinski definition) is 3. The fourth-order valence-corrected chi connectivity index (χ4v) is 1.67. The van der Waals surface area contributed by atoms with Gasteiger partial charge in [0.05, 0.1) is 0 Å². The van der Waals surface area contributed by atoms with Gasteiger partial charge in [-0.1, -0.05) is 22.0 Å². The molecule has 0 saturated carbocycles. The first kappa shape index (κ1) is 13.5. The Kier molecular flexibility index (Phi) is 5.80. The van der Waals surface area contributed by atoms with Gasteiger partial charge in [-0.15, -0.1) is 0 Å². The van der Waals surface area contributed by atoms with E-state index in [0.29, 0.717) is 19.8 Å². The summed E-state index contributed by atoms with van der Waals surface area (Å²) >= 11 is 3.42. The highest BCUT2D eigenvalue weighted by Crippen LogP contribution is 2.23. The predicted octanol–water partition coefficient (Wildman–Crippen LogP) is 2.50. The van der Waals surface area contributed by atoms with E-state index in [-0.39, 0.29) is 6.10 Å². The van der Waals surface area contributed by atoms with E-state index in [1.165, 1.54) is 0 Å². The van der Waals surface area contributed by atoms with Crippen molar-refractivity contribution >= 4 is 15.9 Å². The molecule has 0 aromatic heterocycles. The molecule has 1 aromatic rings. The Bertz CT molecular complexity index is 331. The summed E-state index contributed by atoms with van der Waals surface area (Å²) < 4.78 is 12.1. The van der Waals surface area contributed by atoms with Crippen LogP contribution in [0.2, 0.25) is 0 Å². The summed E-state index contributed by atoms with van der Waals surface area (Å²) in [6, 6.07) is 5.96. The van der Waals surface area contributed by atoms with Gasteiger partial charge in [-0.25, -0.2) is 0 Å². The van der Waals surface area contributed by atoms with Gasteiger partial charge < -0.3 is 15.2 Å². The molecule has 0 amide bonds. The molecule has 1 unspecified atom stereocenters. The van der Waals surface area contributed by atoms with Crippen LogP contribution in [0.4, 0.5) is 0 Å². The van der Waals surface area contributed by atoms with Crippen LogP contribution in [0.5, 0.6) is 5.75 Å². The van der Waals surface area contributed by atoms with Crippen molar-refractivity contribution in [3.8, 4) is 5.75 Å². The van der Waals surface area contributed by atoms with E-state index in [9.17, 15) is 0 Å². The molecule has 0 aliphatic heterocycles. The van der Waals surface area contributed by atoms with Gasteiger partial charge in [0.1, 0.15) is 18.5 Å². The summed E-state index contributed by atoms with van der Waals surface area (Å²) in [5.74, 6) is 0.868. The maximum Gasteiger partial charge on any atom is 0.123 e. The van der Waals surface area contributed by atoms with E-state index >= 15 is 0 Å². The van der Waals surface area contributed by atoms with Crippen LogP contribution in [-0.2, 0) is 4.74 Å². The summed E-state index contributed by atoms with van der Waals surface area (Å²) in [6.07, 6.45) is -0.0385. The minimum Gasteiger partial charge on any atom is -0.491 e. The number of aryl methyl sites for hydroxylation is 1. The second kappa shape index (κ2) is 6.89. The lowest BCUT2D eigenvalue weighted by molar-refractivity contribution is 0.0335. The SMILES string of the molecule is CCOC(CN)COc1cc(Br)ccc1C. The summed E-state index contributed by atoms with van der Waals surface area (Å²) in [5.41, 5.74) is 6.68. The molecule has 4 heteroatoms. The molecule has 1 rings (SSSR count). The van der Waals surface area contributed by atoms with Gasteiger partial charge in [0.15, 0.2) is 0 Å². The largest absolute Gasteiger partial charge is 0.491 e. The molecule has 3 nitrogen and oxygen atoms in total. The highest BCUT2D eigenvalue weighted by atomic mass is 79.9. The molecule has 0 heterocycles. The predicted molar refractivity (Wildman–Crippen MR) is 68.8 cm³/mol. The van der Waals surface area contributed by atoms with Gasteiger partial charge in [0, 0.05) is 17.6 Å². The Hall–Kier alpha value is -0.580. The van der Waals surface area contributed by atoms with E-state index in [1.807, 2.05) is 32.0 Å². The number of halogens is 1. The minimum atomic E-state index is -0.0385. The molecule has 0 bridgehead atoms. The van der Waals surface area contributed by atoms with Gasteiger partial charge in [0.2, 0.25) is 0 Å². The number of rotatable bonds is 6. The first-order valence-corrected chi connectivity index (χ1v) is 6.17. The molecule has 90 valence electrons. The van der Waals surface area contributed by atoms with Crippen molar-refractivity contribution in [2.24, 2.45) is 5.73 Å². The molecule has 0 radical (unpaired) electrons. The Morgan fingerprint density at radius 1 is 1.44 bits per heavy atom. The van der Waals surface area contributed by atoms with E-state index in [1.54, 1.807) is 0 Å². The molecule has 2 N–H and O–H groups in total. The van der Waals surface area contributed by atoms with Crippen LogP contribution in [-0.4, -0.2) is 25.9 Å². The third-order valence-corrected chi connectivity index (χ3v) is 2.73. The monoisotopic (exact) mass is 287 g/mol. The van der Waals surface area contributed by atoms with Crippen molar-refractivity contribution in [2.75, 3.05) is 19.8 Å². The van der Waals surface area contributed by atoms with Crippen molar-refractivity contribution in [3.05, 3.63) is 28.2 Å². The van der Waals surface area contributed by atoms with Crippen LogP contribution in [0.25, 0.3) is 0 Å². The first-order valence-electron chi connectivity index (χ1n) is 5.38. The molecule has 0 aliphatic rings. The normalized spacial score (nSPS) is 12.5. The highest BCUT2D eigenvalue weighted by molar-refractivity contribution is 9.10. The van der Waals surface area contributed by atoms with Crippen LogP contribution < -0.4 is 10.5 Å². The van der Waals surface area contributed by atoms with E-state index in [2.05, 4.69) is 15.9 Å². The van der Waals surface area contributed by atoms with Crippen LogP contribution in [0.15, 0.2) is 22.7 Å². The van der Waals surface area contributed by atoms with Crippen LogP contribution >= 0.6 is 15.9 Å². The number of nitrogens with two attached hydrogens (primary N) is 1.